The number of hydrogen-bond acceptors (Lipinski definition) is 5. The predicted molar refractivity (Wildman–Crippen MR) is 80.9 cm³/mol. The Hall–Kier alpha value is -1.50. The standard InChI is InChI=1S/C14H19N3O2S/c1-10(20(2,18)19)14(17-15)9-11-7-8-16-13-6-4-3-5-12(11)13/h3-8,10,14,17H,9,15H2,1-2H3. The molecule has 0 radical (unpaired) electrons. The lowest BCUT2D eigenvalue weighted by Gasteiger charge is -2.22. The lowest BCUT2D eigenvalue weighted by atomic mass is 10.0. The van der Waals surface area contributed by atoms with Gasteiger partial charge in [-0.25, -0.2) is 8.42 Å². The van der Waals surface area contributed by atoms with E-state index in [0.717, 1.165) is 16.5 Å². The van der Waals surface area contributed by atoms with E-state index in [-0.39, 0.29) is 6.04 Å². The lowest BCUT2D eigenvalue weighted by molar-refractivity contribution is 0.495. The fourth-order valence-electron chi connectivity index (χ4n) is 2.23. The highest BCUT2D eigenvalue weighted by Gasteiger charge is 2.25. The first kappa shape index (κ1) is 14.9. The number of benzene rings is 1. The minimum absolute atomic E-state index is 0.337. The molecule has 5 nitrogen and oxygen atoms in total. The third kappa shape index (κ3) is 3.15. The molecule has 108 valence electrons. The molecule has 1 heterocycles. The molecule has 2 unspecified atom stereocenters. The number of sulfone groups is 1. The molecule has 2 aromatic rings. The van der Waals surface area contributed by atoms with Gasteiger partial charge in [-0.05, 0) is 31.0 Å². The summed E-state index contributed by atoms with van der Waals surface area (Å²) in [5, 5.41) is 0.468. The molecular weight excluding hydrogens is 274 g/mol. The number of fused-ring (bicyclic) bond motifs is 1. The third-order valence-corrected chi connectivity index (χ3v) is 5.31. The molecule has 0 aliphatic rings. The molecule has 0 saturated heterocycles. The Morgan fingerprint density at radius 1 is 1.30 bits per heavy atom. The van der Waals surface area contributed by atoms with Crippen LogP contribution in [0.25, 0.3) is 10.9 Å². The summed E-state index contributed by atoms with van der Waals surface area (Å²) in [6.45, 7) is 1.67. The van der Waals surface area contributed by atoms with E-state index in [1.165, 1.54) is 6.26 Å². The molecule has 0 bridgehead atoms. The maximum atomic E-state index is 11.7. The molecular formula is C14H19N3O2S. The Morgan fingerprint density at radius 2 is 2.00 bits per heavy atom. The van der Waals surface area contributed by atoms with Crippen LogP contribution in [0.5, 0.6) is 0 Å². The van der Waals surface area contributed by atoms with Gasteiger partial charge in [-0.2, -0.15) is 0 Å². The van der Waals surface area contributed by atoms with Gasteiger partial charge < -0.3 is 0 Å². The van der Waals surface area contributed by atoms with Crippen LogP contribution in [0.1, 0.15) is 12.5 Å². The van der Waals surface area contributed by atoms with Crippen LogP contribution in [-0.2, 0) is 16.3 Å². The molecule has 2 rings (SSSR count). The van der Waals surface area contributed by atoms with Gasteiger partial charge in [-0.15, -0.1) is 0 Å². The van der Waals surface area contributed by atoms with Crippen molar-refractivity contribution in [3.63, 3.8) is 0 Å². The lowest BCUT2D eigenvalue weighted by Crippen LogP contribution is -2.47. The van der Waals surface area contributed by atoms with E-state index < -0.39 is 15.1 Å². The summed E-state index contributed by atoms with van der Waals surface area (Å²) in [7, 11) is -3.15. The first-order valence-corrected chi connectivity index (χ1v) is 8.36. The summed E-state index contributed by atoms with van der Waals surface area (Å²) in [5.74, 6) is 5.53. The highest BCUT2D eigenvalue weighted by Crippen LogP contribution is 2.19. The minimum Gasteiger partial charge on any atom is -0.271 e. The number of nitrogens with one attached hydrogen (secondary N) is 1. The molecule has 0 saturated carbocycles. The summed E-state index contributed by atoms with van der Waals surface area (Å²) in [6, 6.07) is 9.35. The summed E-state index contributed by atoms with van der Waals surface area (Å²) in [4.78, 5) is 4.30. The molecule has 2 atom stereocenters. The van der Waals surface area contributed by atoms with E-state index in [0.29, 0.717) is 6.42 Å². The summed E-state index contributed by atoms with van der Waals surface area (Å²) >= 11 is 0. The van der Waals surface area contributed by atoms with Gasteiger partial charge in [0.2, 0.25) is 0 Å². The quantitative estimate of drug-likeness (QED) is 0.635. The van der Waals surface area contributed by atoms with Gasteiger partial charge in [-0.1, -0.05) is 18.2 Å². The van der Waals surface area contributed by atoms with Gasteiger partial charge in [0.05, 0.1) is 10.8 Å². The molecule has 6 heteroatoms. The second-order valence-corrected chi connectivity index (χ2v) is 7.40. The van der Waals surface area contributed by atoms with E-state index >= 15 is 0 Å². The number of aromatic nitrogens is 1. The van der Waals surface area contributed by atoms with Crippen LogP contribution in [0.15, 0.2) is 36.5 Å². The summed E-state index contributed by atoms with van der Waals surface area (Å²) in [5.41, 5.74) is 4.55. The number of nitrogens with zero attached hydrogens (tertiary/aromatic N) is 1. The highest BCUT2D eigenvalue weighted by atomic mass is 32.2. The monoisotopic (exact) mass is 293 g/mol. The Balaban J connectivity index is 2.35. The first-order valence-electron chi connectivity index (χ1n) is 6.41. The molecule has 0 spiro atoms. The second-order valence-electron chi connectivity index (χ2n) is 5.00. The van der Waals surface area contributed by atoms with Crippen molar-refractivity contribution in [3.05, 3.63) is 42.1 Å². The third-order valence-electron chi connectivity index (χ3n) is 3.64. The number of hydrazine groups is 1. The summed E-state index contributed by atoms with van der Waals surface area (Å²) < 4.78 is 23.4. The number of nitrogens with two attached hydrogens (primary N) is 1. The fourth-order valence-corrected chi connectivity index (χ4v) is 3.00. The van der Waals surface area contributed by atoms with Crippen LogP contribution in [0, 0.1) is 0 Å². The van der Waals surface area contributed by atoms with Crippen molar-refractivity contribution in [1.29, 1.82) is 0 Å². The Morgan fingerprint density at radius 3 is 2.65 bits per heavy atom. The van der Waals surface area contributed by atoms with E-state index in [4.69, 9.17) is 5.84 Å². The van der Waals surface area contributed by atoms with Gasteiger partial charge in [0.1, 0.15) is 0 Å². The van der Waals surface area contributed by atoms with Crippen molar-refractivity contribution >= 4 is 20.7 Å². The Bertz CT molecular complexity index is 695. The van der Waals surface area contributed by atoms with Crippen LogP contribution >= 0.6 is 0 Å². The molecule has 1 aromatic carbocycles. The zero-order valence-electron chi connectivity index (χ0n) is 11.6. The molecule has 0 aliphatic heterocycles. The van der Waals surface area contributed by atoms with Crippen LogP contribution < -0.4 is 11.3 Å². The van der Waals surface area contributed by atoms with E-state index in [2.05, 4.69) is 10.4 Å². The Kier molecular flexibility index (Phi) is 4.37. The van der Waals surface area contributed by atoms with Crippen LogP contribution in [0.2, 0.25) is 0 Å². The van der Waals surface area contributed by atoms with Crippen molar-refractivity contribution in [1.82, 2.24) is 10.4 Å². The zero-order valence-corrected chi connectivity index (χ0v) is 12.4. The number of hydrogen-bond donors (Lipinski definition) is 2. The predicted octanol–water partition coefficient (Wildman–Crippen LogP) is 1.04. The average molecular weight is 293 g/mol. The smallest absolute Gasteiger partial charge is 0.151 e. The van der Waals surface area contributed by atoms with Gasteiger partial charge in [0, 0.05) is 23.9 Å². The molecule has 20 heavy (non-hydrogen) atoms. The van der Waals surface area contributed by atoms with Crippen LogP contribution in [-0.4, -0.2) is 30.9 Å². The van der Waals surface area contributed by atoms with E-state index in [1.54, 1.807) is 13.1 Å². The van der Waals surface area contributed by atoms with Gasteiger partial charge in [0.15, 0.2) is 9.84 Å². The molecule has 0 amide bonds. The highest BCUT2D eigenvalue weighted by molar-refractivity contribution is 7.91. The number of pyridine rings is 1. The fraction of sp³-hybridized carbons (Fsp3) is 0.357. The largest absolute Gasteiger partial charge is 0.271 e. The summed E-state index contributed by atoms with van der Waals surface area (Å²) in [6.07, 6.45) is 3.50. The zero-order chi connectivity index (χ0) is 14.8. The first-order chi connectivity index (χ1) is 9.43. The maximum Gasteiger partial charge on any atom is 0.151 e. The van der Waals surface area contributed by atoms with Gasteiger partial charge >= 0.3 is 0 Å². The van der Waals surface area contributed by atoms with E-state index in [9.17, 15) is 8.42 Å². The minimum atomic E-state index is -3.15. The van der Waals surface area contributed by atoms with Crippen molar-refractivity contribution in [2.45, 2.75) is 24.6 Å². The van der Waals surface area contributed by atoms with Crippen molar-refractivity contribution in [2.75, 3.05) is 6.26 Å². The molecule has 3 N–H and O–H groups in total. The van der Waals surface area contributed by atoms with Gasteiger partial charge in [0.25, 0.3) is 0 Å². The van der Waals surface area contributed by atoms with Gasteiger partial charge in [-0.3, -0.25) is 16.3 Å². The van der Waals surface area contributed by atoms with Crippen molar-refractivity contribution in [3.8, 4) is 0 Å². The van der Waals surface area contributed by atoms with Crippen molar-refractivity contribution in [2.24, 2.45) is 5.84 Å². The number of rotatable bonds is 5. The SMILES string of the molecule is CC(C(Cc1ccnc2ccccc12)NN)S(C)(=O)=O. The maximum absolute atomic E-state index is 11.7. The molecule has 1 aromatic heterocycles. The average Bonchev–Trinajstić information content (AvgIpc) is 2.43. The van der Waals surface area contributed by atoms with E-state index in [1.807, 2.05) is 30.3 Å². The number of para-hydroxylation sites is 1. The topological polar surface area (TPSA) is 85.1 Å². The molecule has 0 fully saturated rings. The van der Waals surface area contributed by atoms with Crippen molar-refractivity contribution < 1.29 is 8.42 Å². The molecule has 0 aliphatic carbocycles. The normalized spacial score (nSPS) is 15.2. The Labute approximate surface area is 119 Å². The van der Waals surface area contributed by atoms with Crippen LogP contribution in [0.3, 0.4) is 0 Å². The second kappa shape index (κ2) is 5.87. The van der Waals surface area contributed by atoms with Crippen LogP contribution in [0.4, 0.5) is 0 Å².